The summed E-state index contributed by atoms with van der Waals surface area (Å²) >= 11 is 0. The molecule has 4 nitrogen and oxygen atoms in total. The minimum Gasteiger partial charge on any atom is -0.395 e. The monoisotopic (exact) mass is 192 g/mol. The molecule has 0 aromatic carbocycles. The molecule has 0 aromatic rings. The van der Waals surface area contributed by atoms with Crippen LogP contribution in [-0.2, 0) is 0 Å². The van der Waals surface area contributed by atoms with Crippen LogP contribution in [0.5, 0.6) is 0 Å². The molecule has 0 aliphatic carbocycles. The molecule has 0 fully saturated rings. The van der Waals surface area contributed by atoms with Crippen molar-refractivity contribution >= 4 is 0 Å². The minimum atomic E-state index is -2.79. The molecule has 0 amide bonds. The fourth-order valence-electron chi connectivity index (χ4n) is 1.39. The van der Waals surface area contributed by atoms with Crippen molar-refractivity contribution < 1.29 is 20.4 Å². The van der Waals surface area contributed by atoms with Gasteiger partial charge in [0, 0.05) is 0 Å². The maximum absolute atomic E-state index is 9.11. The molecular formula is C9H20O4. The molecule has 0 saturated carbocycles. The van der Waals surface area contributed by atoms with E-state index in [0.29, 0.717) is 12.8 Å². The first-order chi connectivity index (χ1) is 5.93. The third kappa shape index (κ3) is 2.91. The highest BCUT2D eigenvalue weighted by molar-refractivity contribution is 4.83. The lowest BCUT2D eigenvalue weighted by atomic mass is 9.78. The summed E-state index contributed by atoms with van der Waals surface area (Å²) in [5, 5.41) is 36.4. The van der Waals surface area contributed by atoms with E-state index >= 15 is 0 Å². The Morgan fingerprint density at radius 3 is 1.85 bits per heavy atom. The zero-order chi connectivity index (χ0) is 10.5. The van der Waals surface area contributed by atoms with Gasteiger partial charge in [-0.05, 0) is 12.8 Å². The summed E-state index contributed by atoms with van der Waals surface area (Å²) in [6.45, 7) is 3.25. The Hall–Kier alpha value is -0.160. The second-order valence-corrected chi connectivity index (χ2v) is 3.53. The second kappa shape index (κ2) is 4.91. The molecule has 0 radical (unpaired) electrons. The Bertz CT molecular complexity index is 135. The van der Waals surface area contributed by atoms with E-state index in [-0.39, 0.29) is 0 Å². The van der Waals surface area contributed by atoms with E-state index in [4.69, 9.17) is 20.4 Å². The molecule has 0 aromatic heterocycles. The number of unbranched alkanes of at least 4 members (excludes halogenated alkanes) is 1. The van der Waals surface area contributed by atoms with Gasteiger partial charge >= 0.3 is 0 Å². The standard InChI is InChI=1S/C9H20O4/c1-3-5-6-8(4-2,7-10)9(11,12)13/h10-13H,3-7H2,1-2H3. The fourth-order valence-corrected chi connectivity index (χ4v) is 1.39. The van der Waals surface area contributed by atoms with Gasteiger partial charge in [0.2, 0.25) is 0 Å². The lowest BCUT2D eigenvalue weighted by molar-refractivity contribution is -0.382. The SMILES string of the molecule is CCCCC(CC)(CO)C(O)(O)O. The van der Waals surface area contributed by atoms with E-state index in [1.807, 2.05) is 6.92 Å². The maximum Gasteiger partial charge on any atom is 0.283 e. The Balaban J connectivity index is 4.50. The molecular weight excluding hydrogens is 172 g/mol. The van der Waals surface area contributed by atoms with Crippen LogP contribution in [0.1, 0.15) is 39.5 Å². The van der Waals surface area contributed by atoms with Crippen molar-refractivity contribution in [3.05, 3.63) is 0 Å². The third-order valence-electron chi connectivity index (χ3n) is 2.70. The molecule has 4 N–H and O–H groups in total. The van der Waals surface area contributed by atoms with E-state index in [9.17, 15) is 0 Å². The van der Waals surface area contributed by atoms with Crippen molar-refractivity contribution in [2.45, 2.75) is 45.5 Å². The van der Waals surface area contributed by atoms with Crippen LogP contribution in [0.4, 0.5) is 0 Å². The molecule has 0 saturated heterocycles. The average Bonchev–Trinajstić information content (AvgIpc) is 2.05. The predicted molar refractivity (Wildman–Crippen MR) is 48.7 cm³/mol. The van der Waals surface area contributed by atoms with Gasteiger partial charge in [-0.25, -0.2) is 0 Å². The van der Waals surface area contributed by atoms with Crippen molar-refractivity contribution in [2.75, 3.05) is 6.61 Å². The Morgan fingerprint density at radius 1 is 1.08 bits per heavy atom. The highest BCUT2D eigenvalue weighted by Gasteiger charge is 2.46. The Labute approximate surface area is 78.8 Å². The van der Waals surface area contributed by atoms with Crippen LogP contribution >= 0.6 is 0 Å². The van der Waals surface area contributed by atoms with Crippen LogP contribution in [0.2, 0.25) is 0 Å². The summed E-state index contributed by atoms with van der Waals surface area (Å²) in [6, 6.07) is 0. The average molecular weight is 192 g/mol. The van der Waals surface area contributed by atoms with Gasteiger partial charge in [-0.2, -0.15) is 0 Å². The quantitative estimate of drug-likeness (QED) is 0.453. The Morgan fingerprint density at radius 2 is 1.62 bits per heavy atom. The smallest absolute Gasteiger partial charge is 0.283 e. The topological polar surface area (TPSA) is 80.9 Å². The van der Waals surface area contributed by atoms with Crippen molar-refractivity contribution in [3.8, 4) is 0 Å². The Kier molecular flexibility index (Phi) is 4.85. The number of rotatable bonds is 6. The molecule has 0 spiro atoms. The van der Waals surface area contributed by atoms with Crippen LogP contribution in [0, 0.1) is 5.41 Å². The highest BCUT2D eigenvalue weighted by atomic mass is 16.7. The highest BCUT2D eigenvalue weighted by Crippen LogP contribution is 2.36. The lowest BCUT2D eigenvalue weighted by Gasteiger charge is -2.37. The van der Waals surface area contributed by atoms with Crippen LogP contribution < -0.4 is 0 Å². The van der Waals surface area contributed by atoms with Crippen molar-refractivity contribution in [1.29, 1.82) is 0 Å². The summed E-state index contributed by atoms with van der Waals surface area (Å²) in [7, 11) is 0. The molecule has 1 atom stereocenters. The first-order valence-electron chi connectivity index (χ1n) is 4.71. The fraction of sp³-hybridized carbons (Fsp3) is 1.00. The van der Waals surface area contributed by atoms with Gasteiger partial charge < -0.3 is 20.4 Å². The summed E-state index contributed by atoms with van der Waals surface area (Å²) in [4.78, 5) is 0. The van der Waals surface area contributed by atoms with Crippen molar-refractivity contribution in [2.24, 2.45) is 5.41 Å². The van der Waals surface area contributed by atoms with Crippen LogP contribution in [0.3, 0.4) is 0 Å². The van der Waals surface area contributed by atoms with Crippen molar-refractivity contribution in [1.82, 2.24) is 0 Å². The van der Waals surface area contributed by atoms with Crippen LogP contribution in [0.25, 0.3) is 0 Å². The van der Waals surface area contributed by atoms with E-state index < -0.39 is 18.0 Å². The molecule has 0 aliphatic heterocycles. The van der Waals surface area contributed by atoms with E-state index in [1.54, 1.807) is 6.92 Å². The first-order valence-corrected chi connectivity index (χ1v) is 4.71. The molecule has 0 bridgehead atoms. The summed E-state index contributed by atoms with van der Waals surface area (Å²) in [5.41, 5.74) is -1.21. The molecule has 0 aliphatic rings. The van der Waals surface area contributed by atoms with Gasteiger partial charge in [0.15, 0.2) is 0 Å². The number of hydrogen-bond donors (Lipinski definition) is 4. The van der Waals surface area contributed by atoms with Gasteiger partial charge in [-0.1, -0.05) is 26.7 Å². The summed E-state index contributed by atoms with van der Waals surface area (Å²) in [6.07, 6.45) is 2.36. The largest absolute Gasteiger partial charge is 0.395 e. The van der Waals surface area contributed by atoms with Gasteiger partial charge in [0.05, 0.1) is 12.0 Å². The minimum absolute atomic E-state index is 0.326. The third-order valence-corrected chi connectivity index (χ3v) is 2.70. The number of aliphatic hydroxyl groups is 4. The number of aliphatic hydroxyl groups excluding tert-OH is 1. The van der Waals surface area contributed by atoms with Crippen LogP contribution in [-0.4, -0.2) is 33.0 Å². The van der Waals surface area contributed by atoms with E-state index in [1.165, 1.54) is 0 Å². The molecule has 80 valence electrons. The molecule has 0 rings (SSSR count). The lowest BCUT2D eigenvalue weighted by Crippen LogP contribution is -2.50. The number of hydrogen-bond acceptors (Lipinski definition) is 4. The summed E-state index contributed by atoms with van der Waals surface area (Å²) < 4.78 is 0. The molecule has 1 unspecified atom stereocenters. The van der Waals surface area contributed by atoms with Crippen LogP contribution in [0.15, 0.2) is 0 Å². The summed E-state index contributed by atoms with van der Waals surface area (Å²) in [5.74, 6) is -2.79. The molecule has 0 heterocycles. The zero-order valence-electron chi connectivity index (χ0n) is 8.32. The molecule has 13 heavy (non-hydrogen) atoms. The molecule has 4 heteroatoms. The second-order valence-electron chi connectivity index (χ2n) is 3.53. The van der Waals surface area contributed by atoms with Gasteiger partial charge in [-0.3, -0.25) is 0 Å². The van der Waals surface area contributed by atoms with Gasteiger partial charge in [-0.15, -0.1) is 0 Å². The van der Waals surface area contributed by atoms with Gasteiger partial charge in [0.25, 0.3) is 5.97 Å². The van der Waals surface area contributed by atoms with E-state index in [0.717, 1.165) is 12.8 Å². The first kappa shape index (κ1) is 12.8. The van der Waals surface area contributed by atoms with Crippen molar-refractivity contribution in [3.63, 3.8) is 0 Å². The predicted octanol–water partition coefficient (Wildman–Crippen LogP) is 0.196. The maximum atomic E-state index is 9.11. The van der Waals surface area contributed by atoms with Gasteiger partial charge in [0.1, 0.15) is 0 Å². The van der Waals surface area contributed by atoms with E-state index in [2.05, 4.69) is 0 Å². The zero-order valence-corrected chi connectivity index (χ0v) is 8.32. The normalized spacial score (nSPS) is 17.1.